The van der Waals surface area contributed by atoms with Gasteiger partial charge in [0, 0.05) is 18.1 Å². The zero-order valence-corrected chi connectivity index (χ0v) is 10.9. The molecule has 20 heavy (non-hydrogen) atoms. The van der Waals surface area contributed by atoms with Crippen LogP contribution >= 0.6 is 0 Å². The van der Waals surface area contributed by atoms with E-state index in [-0.39, 0.29) is 24.0 Å². The molecule has 0 bridgehead atoms. The highest BCUT2D eigenvalue weighted by atomic mass is 16.5. The number of esters is 1. The van der Waals surface area contributed by atoms with E-state index in [2.05, 4.69) is 20.0 Å². The van der Waals surface area contributed by atoms with Crippen LogP contribution in [-0.4, -0.2) is 29.0 Å². The van der Waals surface area contributed by atoms with E-state index >= 15 is 0 Å². The van der Waals surface area contributed by atoms with Crippen molar-refractivity contribution in [2.45, 2.75) is 6.42 Å². The Balaban J connectivity index is 2.00. The number of rotatable bonds is 4. The molecule has 6 nitrogen and oxygen atoms in total. The third kappa shape index (κ3) is 3.61. The van der Waals surface area contributed by atoms with Gasteiger partial charge in [0.2, 0.25) is 0 Å². The molecule has 0 unspecified atom stereocenters. The summed E-state index contributed by atoms with van der Waals surface area (Å²) in [7, 11) is 1.35. The summed E-state index contributed by atoms with van der Waals surface area (Å²) < 4.78 is 4.58. The molecule has 1 N–H and O–H groups in total. The molecule has 6 heteroatoms. The lowest BCUT2D eigenvalue weighted by Gasteiger charge is -2.05. The van der Waals surface area contributed by atoms with Crippen LogP contribution in [0.3, 0.4) is 0 Å². The van der Waals surface area contributed by atoms with E-state index < -0.39 is 0 Å². The molecular formula is C14H13N3O3. The van der Waals surface area contributed by atoms with Crippen LogP contribution in [0.5, 0.6) is 0 Å². The first kappa shape index (κ1) is 13.7. The lowest BCUT2D eigenvalue weighted by Crippen LogP contribution is -2.13. The summed E-state index contributed by atoms with van der Waals surface area (Å²) in [6.45, 7) is 0. The Labute approximate surface area is 115 Å². The molecule has 1 aromatic carbocycles. The number of aromatic nitrogens is 2. The lowest BCUT2D eigenvalue weighted by atomic mass is 10.1. The van der Waals surface area contributed by atoms with Crippen molar-refractivity contribution in [1.82, 2.24) is 9.97 Å². The Morgan fingerprint density at radius 3 is 2.55 bits per heavy atom. The van der Waals surface area contributed by atoms with Crippen LogP contribution in [0.4, 0.5) is 5.69 Å². The van der Waals surface area contributed by atoms with E-state index in [9.17, 15) is 9.59 Å². The average molecular weight is 271 g/mol. The molecule has 2 aromatic rings. The first-order valence-electron chi connectivity index (χ1n) is 5.92. The van der Waals surface area contributed by atoms with Crippen molar-refractivity contribution in [3.63, 3.8) is 0 Å². The summed E-state index contributed by atoms with van der Waals surface area (Å²) >= 11 is 0. The first-order chi connectivity index (χ1) is 9.69. The Kier molecular flexibility index (Phi) is 4.39. The van der Waals surface area contributed by atoms with Crippen molar-refractivity contribution < 1.29 is 14.3 Å². The summed E-state index contributed by atoms with van der Waals surface area (Å²) in [6, 6.07) is 6.94. The fraction of sp³-hybridized carbons (Fsp3) is 0.143. The van der Waals surface area contributed by atoms with Crippen LogP contribution in [-0.2, 0) is 16.0 Å². The molecular weight excluding hydrogens is 258 g/mol. The molecule has 0 fully saturated rings. The molecule has 102 valence electrons. The van der Waals surface area contributed by atoms with Gasteiger partial charge in [-0.05, 0) is 17.7 Å². The lowest BCUT2D eigenvalue weighted by molar-refractivity contribution is -0.139. The van der Waals surface area contributed by atoms with Gasteiger partial charge in [-0.25, -0.2) is 4.98 Å². The number of anilines is 1. The molecule has 0 saturated carbocycles. The summed E-state index contributed by atoms with van der Waals surface area (Å²) in [5.41, 5.74) is 1.68. The monoisotopic (exact) mass is 271 g/mol. The van der Waals surface area contributed by atoms with Crippen LogP contribution in [0.15, 0.2) is 42.9 Å². The SMILES string of the molecule is COC(=O)Cc1ccc(NC(=O)c2cnccn2)cc1. The number of amides is 1. The third-order valence-corrected chi connectivity index (χ3v) is 2.58. The van der Waals surface area contributed by atoms with Gasteiger partial charge in [-0.1, -0.05) is 12.1 Å². The smallest absolute Gasteiger partial charge is 0.309 e. The number of methoxy groups -OCH3 is 1. The number of carbonyl (C=O) groups excluding carboxylic acids is 2. The standard InChI is InChI=1S/C14H13N3O3/c1-20-13(18)8-10-2-4-11(5-3-10)17-14(19)12-9-15-6-7-16-12/h2-7,9H,8H2,1H3,(H,17,19). The molecule has 0 atom stereocenters. The second-order valence-corrected chi connectivity index (χ2v) is 3.99. The van der Waals surface area contributed by atoms with Crippen molar-refractivity contribution in [2.24, 2.45) is 0 Å². The van der Waals surface area contributed by atoms with Gasteiger partial charge in [0.05, 0.1) is 19.7 Å². The van der Waals surface area contributed by atoms with Crippen LogP contribution in [0.1, 0.15) is 16.1 Å². The zero-order valence-electron chi connectivity index (χ0n) is 10.9. The molecule has 0 aliphatic rings. The Hall–Kier alpha value is -2.76. The van der Waals surface area contributed by atoms with Crippen molar-refractivity contribution in [1.29, 1.82) is 0 Å². The van der Waals surface area contributed by atoms with Gasteiger partial charge in [0.1, 0.15) is 5.69 Å². The van der Waals surface area contributed by atoms with Crippen LogP contribution in [0.2, 0.25) is 0 Å². The number of carbonyl (C=O) groups is 2. The number of ether oxygens (including phenoxy) is 1. The minimum atomic E-state index is -0.334. The molecule has 0 spiro atoms. The quantitative estimate of drug-likeness (QED) is 0.851. The van der Waals surface area contributed by atoms with E-state index in [4.69, 9.17) is 0 Å². The Morgan fingerprint density at radius 2 is 1.95 bits per heavy atom. The minimum absolute atomic E-state index is 0.203. The molecule has 0 radical (unpaired) electrons. The maximum atomic E-state index is 11.8. The number of nitrogens with zero attached hydrogens (tertiary/aromatic N) is 2. The van der Waals surface area contributed by atoms with Gasteiger partial charge in [-0.3, -0.25) is 14.6 Å². The maximum Gasteiger partial charge on any atom is 0.309 e. The van der Waals surface area contributed by atoms with Gasteiger partial charge in [-0.2, -0.15) is 0 Å². The zero-order chi connectivity index (χ0) is 14.4. The molecule has 1 aromatic heterocycles. The highest BCUT2D eigenvalue weighted by Gasteiger charge is 2.08. The van der Waals surface area contributed by atoms with Crippen molar-refractivity contribution in [3.05, 3.63) is 54.1 Å². The fourth-order valence-electron chi connectivity index (χ4n) is 1.56. The van der Waals surface area contributed by atoms with E-state index in [1.54, 1.807) is 24.3 Å². The predicted molar refractivity (Wildman–Crippen MR) is 72.1 cm³/mol. The second-order valence-electron chi connectivity index (χ2n) is 3.99. The fourth-order valence-corrected chi connectivity index (χ4v) is 1.56. The van der Waals surface area contributed by atoms with E-state index in [1.165, 1.54) is 25.7 Å². The molecule has 0 saturated heterocycles. The summed E-state index contributed by atoms with van der Waals surface area (Å²) in [5, 5.41) is 2.70. The highest BCUT2D eigenvalue weighted by molar-refractivity contribution is 6.02. The Bertz CT molecular complexity index is 597. The molecule has 0 aliphatic carbocycles. The van der Waals surface area contributed by atoms with E-state index in [0.29, 0.717) is 5.69 Å². The molecule has 0 aliphatic heterocycles. The van der Waals surface area contributed by atoms with Crippen LogP contribution in [0.25, 0.3) is 0 Å². The van der Waals surface area contributed by atoms with Crippen molar-refractivity contribution in [3.8, 4) is 0 Å². The minimum Gasteiger partial charge on any atom is -0.469 e. The Morgan fingerprint density at radius 1 is 1.20 bits per heavy atom. The van der Waals surface area contributed by atoms with Gasteiger partial charge in [0.15, 0.2) is 0 Å². The van der Waals surface area contributed by atoms with Gasteiger partial charge < -0.3 is 10.1 Å². The number of nitrogens with one attached hydrogen (secondary N) is 1. The molecule has 1 heterocycles. The van der Waals surface area contributed by atoms with Gasteiger partial charge in [-0.15, -0.1) is 0 Å². The van der Waals surface area contributed by atoms with Gasteiger partial charge in [0.25, 0.3) is 5.91 Å². The topological polar surface area (TPSA) is 81.2 Å². The maximum absolute atomic E-state index is 11.8. The van der Waals surface area contributed by atoms with E-state index in [1.807, 2.05) is 0 Å². The predicted octanol–water partition coefficient (Wildman–Crippen LogP) is 1.44. The summed E-state index contributed by atoms with van der Waals surface area (Å²) in [6.07, 6.45) is 4.54. The third-order valence-electron chi connectivity index (χ3n) is 2.58. The highest BCUT2D eigenvalue weighted by Crippen LogP contribution is 2.11. The number of hydrogen-bond donors (Lipinski definition) is 1. The number of hydrogen-bond acceptors (Lipinski definition) is 5. The van der Waals surface area contributed by atoms with E-state index in [0.717, 1.165) is 5.56 Å². The molecule has 2 rings (SSSR count). The van der Waals surface area contributed by atoms with Gasteiger partial charge >= 0.3 is 5.97 Å². The van der Waals surface area contributed by atoms with Crippen LogP contribution < -0.4 is 5.32 Å². The van der Waals surface area contributed by atoms with Crippen molar-refractivity contribution >= 4 is 17.6 Å². The van der Waals surface area contributed by atoms with Crippen LogP contribution in [0, 0.1) is 0 Å². The largest absolute Gasteiger partial charge is 0.469 e. The number of benzene rings is 1. The molecule has 1 amide bonds. The summed E-state index contributed by atoms with van der Waals surface area (Å²) in [4.78, 5) is 30.7. The normalized spacial score (nSPS) is 9.85. The average Bonchev–Trinajstić information content (AvgIpc) is 2.50. The first-order valence-corrected chi connectivity index (χ1v) is 5.92. The summed E-state index contributed by atoms with van der Waals surface area (Å²) in [5.74, 6) is -0.639. The second kappa shape index (κ2) is 6.42. The van der Waals surface area contributed by atoms with Crippen molar-refractivity contribution in [2.75, 3.05) is 12.4 Å².